The highest BCUT2D eigenvalue weighted by Crippen LogP contribution is 2.41. The van der Waals surface area contributed by atoms with E-state index in [2.05, 4.69) is 52.0 Å². The number of fused-ring (bicyclic) bond motifs is 1. The van der Waals surface area contributed by atoms with Crippen LogP contribution in [-0.4, -0.2) is 12.2 Å². The summed E-state index contributed by atoms with van der Waals surface area (Å²) in [6.07, 6.45) is 8.32. The molecule has 0 N–H and O–H groups in total. The van der Waals surface area contributed by atoms with Crippen molar-refractivity contribution in [2.45, 2.75) is 108 Å². The van der Waals surface area contributed by atoms with Gasteiger partial charge in [-0.15, -0.1) is 0 Å². The lowest BCUT2D eigenvalue weighted by atomic mass is 9.85. The smallest absolute Gasteiger partial charge is 0.0844 e. The molecule has 150 valence electrons. The molecule has 0 spiro atoms. The zero-order valence-corrected chi connectivity index (χ0v) is 14.2. The number of hydrogen-bond acceptors (Lipinski definition) is 1. The highest BCUT2D eigenvalue weighted by molar-refractivity contribution is 5.17. The van der Waals surface area contributed by atoms with Crippen LogP contribution in [0.5, 0.6) is 0 Å². The van der Waals surface area contributed by atoms with Gasteiger partial charge in [0.05, 0.1) is 12.2 Å². The molecule has 1 heterocycles. The van der Waals surface area contributed by atoms with Crippen LogP contribution in [0, 0.1) is 11.8 Å². The molecule has 1 saturated carbocycles. The molecular formula is C24H48O. The van der Waals surface area contributed by atoms with Gasteiger partial charge in [0.25, 0.3) is 0 Å². The van der Waals surface area contributed by atoms with E-state index in [1.54, 1.807) is 0 Å². The molecule has 1 saturated heterocycles. The van der Waals surface area contributed by atoms with Crippen LogP contribution in [0.4, 0.5) is 0 Å². The Bertz CT molecular complexity index is 396. The average Bonchev–Trinajstić information content (AvgIpc) is 3.25. The highest BCUT2D eigenvalue weighted by Gasteiger charge is 2.43. The number of ether oxygens (including phenoxy) is 1. The van der Waals surface area contributed by atoms with Crippen molar-refractivity contribution in [2.24, 2.45) is 11.8 Å². The van der Waals surface area contributed by atoms with E-state index in [9.17, 15) is 0 Å². The zero-order chi connectivity index (χ0) is 15.2. The molecule has 3 rings (SSSR count). The fraction of sp³-hybridized carbons (Fsp3) is 0.750. The standard InChI is InChI=1S/C11H20O.C9H12.4CH4/c1-8(2)3-4-9-5-6-10-11(7-9)12-10;1-8(2)9-6-4-3-5-7-9;;;;/h8-11H,3-7H2,1-2H3;3-8H,1-2H3;4*1H4. The van der Waals surface area contributed by atoms with E-state index in [0.29, 0.717) is 18.1 Å². The van der Waals surface area contributed by atoms with Gasteiger partial charge in [0.1, 0.15) is 0 Å². The van der Waals surface area contributed by atoms with Crippen LogP contribution in [0.1, 0.15) is 101 Å². The number of benzene rings is 1. The van der Waals surface area contributed by atoms with E-state index in [-0.39, 0.29) is 29.7 Å². The number of rotatable bonds is 4. The van der Waals surface area contributed by atoms with Gasteiger partial charge in [-0.25, -0.2) is 0 Å². The molecule has 3 atom stereocenters. The minimum atomic E-state index is 0. The average molecular weight is 353 g/mol. The number of epoxide rings is 1. The Labute approximate surface area is 160 Å². The highest BCUT2D eigenvalue weighted by atomic mass is 16.6. The summed E-state index contributed by atoms with van der Waals surface area (Å²) in [6, 6.07) is 10.5. The van der Waals surface area contributed by atoms with Gasteiger partial charge in [0.15, 0.2) is 0 Å². The predicted molar refractivity (Wildman–Crippen MR) is 118 cm³/mol. The maximum absolute atomic E-state index is 5.51. The topological polar surface area (TPSA) is 12.5 Å². The third-order valence-electron chi connectivity index (χ3n) is 4.73. The van der Waals surface area contributed by atoms with Crippen molar-refractivity contribution in [3.05, 3.63) is 35.9 Å². The van der Waals surface area contributed by atoms with Crippen molar-refractivity contribution in [2.75, 3.05) is 0 Å². The van der Waals surface area contributed by atoms with Gasteiger partial charge in [-0.1, -0.05) is 101 Å². The minimum absolute atomic E-state index is 0. The summed E-state index contributed by atoms with van der Waals surface area (Å²) in [5.74, 6) is 2.52. The first-order valence-electron chi connectivity index (χ1n) is 8.76. The fourth-order valence-corrected chi connectivity index (χ4v) is 3.16. The third-order valence-corrected chi connectivity index (χ3v) is 4.73. The van der Waals surface area contributed by atoms with Crippen molar-refractivity contribution in [1.29, 1.82) is 0 Å². The molecule has 0 amide bonds. The van der Waals surface area contributed by atoms with Crippen molar-refractivity contribution >= 4 is 0 Å². The van der Waals surface area contributed by atoms with Crippen LogP contribution >= 0.6 is 0 Å². The first-order valence-corrected chi connectivity index (χ1v) is 8.76. The second kappa shape index (κ2) is 14.4. The van der Waals surface area contributed by atoms with Crippen LogP contribution < -0.4 is 0 Å². The van der Waals surface area contributed by atoms with Crippen LogP contribution in [0.25, 0.3) is 0 Å². The van der Waals surface area contributed by atoms with Crippen LogP contribution in [0.2, 0.25) is 0 Å². The Kier molecular flexibility index (Phi) is 16.6. The van der Waals surface area contributed by atoms with E-state index in [1.807, 2.05) is 6.07 Å². The van der Waals surface area contributed by atoms with E-state index in [0.717, 1.165) is 11.8 Å². The van der Waals surface area contributed by atoms with Gasteiger partial charge >= 0.3 is 0 Å². The third kappa shape index (κ3) is 10.7. The molecule has 0 bridgehead atoms. The number of hydrogen-bond donors (Lipinski definition) is 0. The van der Waals surface area contributed by atoms with Crippen LogP contribution in [0.15, 0.2) is 30.3 Å². The van der Waals surface area contributed by atoms with Crippen LogP contribution in [-0.2, 0) is 4.74 Å². The molecule has 0 aromatic heterocycles. The predicted octanol–water partition coefficient (Wildman–Crippen LogP) is 8.34. The van der Waals surface area contributed by atoms with Gasteiger partial charge in [0, 0.05) is 0 Å². The zero-order valence-electron chi connectivity index (χ0n) is 14.2. The molecule has 3 unspecified atom stereocenters. The maximum Gasteiger partial charge on any atom is 0.0844 e. The first-order chi connectivity index (χ1) is 10.1. The first kappa shape index (κ1) is 29.0. The minimum Gasteiger partial charge on any atom is -0.370 e. The van der Waals surface area contributed by atoms with E-state index in [1.165, 1.54) is 37.7 Å². The molecule has 1 aromatic carbocycles. The lowest BCUT2D eigenvalue weighted by Gasteiger charge is -2.19. The molecule has 1 aromatic rings. The van der Waals surface area contributed by atoms with Crippen molar-refractivity contribution < 1.29 is 4.74 Å². The van der Waals surface area contributed by atoms with Gasteiger partial charge in [-0.05, 0) is 42.6 Å². The summed E-state index contributed by atoms with van der Waals surface area (Å²) in [5.41, 5.74) is 1.41. The summed E-state index contributed by atoms with van der Waals surface area (Å²) < 4.78 is 5.51. The largest absolute Gasteiger partial charge is 0.370 e. The lowest BCUT2D eigenvalue weighted by molar-refractivity contribution is 0.333. The molecule has 2 fully saturated rings. The summed E-state index contributed by atoms with van der Waals surface area (Å²) in [5, 5.41) is 0. The van der Waals surface area contributed by atoms with Gasteiger partial charge < -0.3 is 4.74 Å². The summed E-state index contributed by atoms with van der Waals surface area (Å²) in [6.45, 7) is 9.04. The molecule has 2 aliphatic rings. The molecule has 1 heteroatoms. The Balaban J connectivity index is -0.000000344. The quantitative estimate of drug-likeness (QED) is 0.496. The summed E-state index contributed by atoms with van der Waals surface area (Å²) in [4.78, 5) is 0. The van der Waals surface area contributed by atoms with Gasteiger partial charge in [0.2, 0.25) is 0 Å². The molecule has 1 aliphatic heterocycles. The SMILES string of the molecule is C.C.C.C.CC(C)CCC1CCC2OC2C1.CC(C)c1ccccc1. The second-order valence-electron chi connectivity index (χ2n) is 7.43. The molecule has 0 radical (unpaired) electrons. The summed E-state index contributed by atoms with van der Waals surface area (Å²) >= 11 is 0. The maximum atomic E-state index is 5.51. The van der Waals surface area contributed by atoms with Gasteiger partial charge in [-0.3, -0.25) is 0 Å². The van der Waals surface area contributed by atoms with Crippen molar-refractivity contribution in [3.8, 4) is 0 Å². The fourth-order valence-electron chi connectivity index (χ4n) is 3.16. The lowest BCUT2D eigenvalue weighted by Crippen LogP contribution is -2.13. The van der Waals surface area contributed by atoms with E-state index in [4.69, 9.17) is 4.74 Å². The second-order valence-corrected chi connectivity index (χ2v) is 7.43. The molecule has 1 nitrogen and oxygen atoms in total. The Morgan fingerprint density at radius 2 is 1.48 bits per heavy atom. The van der Waals surface area contributed by atoms with E-state index >= 15 is 0 Å². The Morgan fingerprint density at radius 1 is 0.880 bits per heavy atom. The van der Waals surface area contributed by atoms with Crippen LogP contribution in [0.3, 0.4) is 0 Å². The van der Waals surface area contributed by atoms with Gasteiger partial charge in [-0.2, -0.15) is 0 Å². The van der Waals surface area contributed by atoms with Crippen molar-refractivity contribution in [1.82, 2.24) is 0 Å². The Morgan fingerprint density at radius 3 is 1.92 bits per heavy atom. The molecule has 1 aliphatic carbocycles. The molecular weight excluding hydrogens is 304 g/mol. The summed E-state index contributed by atoms with van der Waals surface area (Å²) in [7, 11) is 0. The van der Waals surface area contributed by atoms with Crippen molar-refractivity contribution in [3.63, 3.8) is 0 Å². The Hall–Kier alpha value is -0.820. The monoisotopic (exact) mass is 352 g/mol. The normalized spacial score (nSPS) is 22.7. The van der Waals surface area contributed by atoms with E-state index < -0.39 is 0 Å². The molecule has 25 heavy (non-hydrogen) atoms.